The number of rotatable bonds is 1. The fraction of sp³-hybridized carbons (Fsp3) is 0.900. The van der Waals surface area contributed by atoms with Crippen LogP contribution in [-0.4, -0.2) is 33.6 Å². The Morgan fingerprint density at radius 2 is 2.14 bits per heavy atom. The lowest BCUT2D eigenvalue weighted by Gasteiger charge is -2.43. The Bertz CT molecular complexity index is 237. The van der Waals surface area contributed by atoms with Gasteiger partial charge >= 0.3 is 6.09 Å². The van der Waals surface area contributed by atoms with Crippen LogP contribution in [0.3, 0.4) is 0 Å². The van der Waals surface area contributed by atoms with E-state index in [1.54, 1.807) is 0 Å². The standard InChI is InChI=1S/C10H18INO2/c1-9(2,11)10(3)6-5-7-12(10)8(13)14-4/h5-7H2,1-4H3/t10-/m0/s1. The molecule has 0 aromatic rings. The molecule has 0 unspecified atom stereocenters. The van der Waals surface area contributed by atoms with Crippen LogP contribution in [0.4, 0.5) is 4.79 Å². The van der Waals surface area contributed by atoms with Gasteiger partial charge in [0.15, 0.2) is 0 Å². The van der Waals surface area contributed by atoms with Crippen molar-refractivity contribution in [1.29, 1.82) is 0 Å². The Kier molecular flexibility index (Phi) is 3.33. The van der Waals surface area contributed by atoms with Gasteiger partial charge in [0.2, 0.25) is 0 Å². The van der Waals surface area contributed by atoms with Gasteiger partial charge in [0.1, 0.15) is 0 Å². The predicted octanol–water partition coefficient (Wildman–Crippen LogP) is 2.82. The molecule has 1 fully saturated rings. The number of hydrogen-bond acceptors (Lipinski definition) is 2. The van der Waals surface area contributed by atoms with E-state index in [1.165, 1.54) is 7.11 Å². The van der Waals surface area contributed by atoms with Crippen LogP contribution in [-0.2, 0) is 4.74 Å². The van der Waals surface area contributed by atoms with Crippen LogP contribution in [0.5, 0.6) is 0 Å². The van der Waals surface area contributed by atoms with E-state index in [2.05, 4.69) is 43.4 Å². The molecule has 1 heterocycles. The molecule has 82 valence electrons. The smallest absolute Gasteiger partial charge is 0.409 e. The number of halogens is 1. The maximum atomic E-state index is 11.6. The minimum absolute atomic E-state index is 0.0649. The van der Waals surface area contributed by atoms with Crippen molar-refractivity contribution in [3.63, 3.8) is 0 Å². The molecular formula is C10H18INO2. The van der Waals surface area contributed by atoms with Gasteiger partial charge in [-0.25, -0.2) is 4.79 Å². The molecule has 4 heteroatoms. The van der Waals surface area contributed by atoms with Crippen molar-refractivity contribution in [2.24, 2.45) is 0 Å². The van der Waals surface area contributed by atoms with Gasteiger partial charge in [-0.15, -0.1) is 0 Å². The first kappa shape index (κ1) is 12.1. The topological polar surface area (TPSA) is 29.5 Å². The third kappa shape index (κ3) is 1.85. The van der Waals surface area contributed by atoms with Crippen molar-refractivity contribution in [3.8, 4) is 0 Å². The van der Waals surface area contributed by atoms with E-state index in [0.717, 1.165) is 19.4 Å². The van der Waals surface area contributed by atoms with Crippen molar-refractivity contribution < 1.29 is 9.53 Å². The molecule has 3 nitrogen and oxygen atoms in total. The Morgan fingerprint density at radius 1 is 1.57 bits per heavy atom. The Hall–Kier alpha value is 0. The summed E-state index contributed by atoms with van der Waals surface area (Å²) in [6.45, 7) is 7.28. The summed E-state index contributed by atoms with van der Waals surface area (Å²) in [5, 5.41) is 0. The highest BCUT2D eigenvalue weighted by Crippen LogP contribution is 2.43. The normalized spacial score (nSPS) is 27.9. The maximum Gasteiger partial charge on any atom is 0.409 e. The van der Waals surface area contributed by atoms with E-state index in [0.29, 0.717) is 0 Å². The molecule has 0 bridgehead atoms. The number of likely N-dealkylation sites (tertiary alicyclic amines) is 1. The third-order valence-electron chi connectivity index (χ3n) is 3.32. The minimum Gasteiger partial charge on any atom is -0.453 e. The summed E-state index contributed by atoms with van der Waals surface area (Å²) in [5.74, 6) is 0. The lowest BCUT2D eigenvalue weighted by molar-refractivity contribution is 0.0826. The van der Waals surface area contributed by atoms with Crippen molar-refractivity contribution in [2.45, 2.75) is 42.6 Å². The monoisotopic (exact) mass is 311 g/mol. The molecular weight excluding hydrogens is 293 g/mol. The molecule has 1 atom stereocenters. The molecule has 14 heavy (non-hydrogen) atoms. The summed E-state index contributed by atoms with van der Waals surface area (Å²) < 4.78 is 4.87. The van der Waals surface area contributed by atoms with E-state index in [9.17, 15) is 4.79 Å². The Balaban J connectivity index is 2.92. The van der Waals surface area contributed by atoms with E-state index in [1.807, 2.05) is 4.90 Å². The number of carbonyl (C=O) groups is 1. The van der Waals surface area contributed by atoms with Crippen LogP contribution >= 0.6 is 22.6 Å². The second-order valence-corrected chi connectivity index (χ2v) is 7.17. The first-order chi connectivity index (χ1) is 6.33. The number of amides is 1. The van der Waals surface area contributed by atoms with Gasteiger partial charge in [0, 0.05) is 9.97 Å². The molecule has 0 saturated carbocycles. The van der Waals surface area contributed by atoms with E-state index >= 15 is 0 Å². The number of ether oxygens (including phenoxy) is 1. The molecule has 1 aliphatic rings. The molecule has 1 aliphatic heterocycles. The summed E-state index contributed by atoms with van der Waals surface area (Å²) in [5.41, 5.74) is -0.0827. The first-order valence-electron chi connectivity index (χ1n) is 4.87. The zero-order chi connectivity index (χ0) is 11.0. The molecule has 1 saturated heterocycles. The number of carbonyl (C=O) groups excluding carboxylic acids is 1. The van der Waals surface area contributed by atoms with E-state index < -0.39 is 0 Å². The van der Waals surface area contributed by atoms with Gasteiger partial charge in [0.25, 0.3) is 0 Å². The summed E-state index contributed by atoms with van der Waals surface area (Å²) in [6.07, 6.45) is 1.92. The largest absolute Gasteiger partial charge is 0.453 e. The molecule has 0 N–H and O–H groups in total. The fourth-order valence-electron chi connectivity index (χ4n) is 1.98. The second-order valence-electron chi connectivity index (χ2n) is 4.47. The summed E-state index contributed by atoms with van der Waals surface area (Å²) in [7, 11) is 1.45. The van der Waals surface area contributed by atoms with Crippen LogP contribution in [0.2, 0.25) is 0 Å². The molecule has 0 aromatic carbocycles. The van der Waals surface area contributed by atoms with Crippen LogP contribution in [0, 0.1) is 0 Å². The average molecular weight is 311 g/mol. The summed E-state index contributed by atoms with van der Waals surface area (Å²) in [4.78, 5) is 13.4. The fourth-order valence-corrected chi connectivity index (χ4v) is 2.55. The molecule has 0 aromatic heterocycles. The minimum atomic E-state index is -0.199. The molecule has 0 aliphatic carbocycles. The van der Waals surface area contributed by atoms with Gasteiger partial charge in [-0.2, -0.15) is 0 Å². The highest BCUT2D eigenvalue weighted by molar-refractivity contribution is 14.1. The number of hydrogen-bond donors (Lipinski definition) is 0. The zero-order valence-corrected chi connectivity index (χ0v) is 11.4. The molecule has 1 rings (SSSR count). The quantitative estimate of drug-likeness (QED) is 0.550. The predicted molar refractivity (Wildman–Crippen MR) is 64.8 cm³/mol. The highest BCUT2D eigenvalue weighted by atomic mass is 127. The second kappa shape index (κ2) is 3.87. The van der Waals surface area contributed by atoms with Crippen LogP contribution in [0.25, 0.3) is 0 Å². The Labute approximate surface area is 99.3 Å². The summed E-state index contributed by atoms with van der Waals surface area (Å²) in [6, 6.07) is 0. The zero-order valence-electron chi connectivity index (χ0n) is 9.26. The molecule has 0 spiro atoms. The van der Waals surface area contributed by atoms with Crippen LogP contribution < -0.4 is 0 Å². The van der Waals surface area contributed by atoms with Crippen LogP contribution in [0.1, 0.15) is 33.6 Å². The Morgan fingerprint density at radius 3 is 2.57 bits per heavy atom. The van der Waals surface area contributed by atoms with Gasteiger partial charge in [-0.05, 0) is 33.6 Å². The number of nitrogens with zero attached hydrogens (tertiary/aromatic N) is 1. The maximum absolute atomic E-state index is 11.6. The van der Waals surface area contributed by atoms with Crippen LogP contribution in [0.15, 0.2) is 0 Å². The van der Waals surface area contributed by atoms with Gasteiger partial charge in [-0.1, -0.05) is 22.6 Å². The molecule has 1 amide bonds. The van der Waals surface area contributed by atoms with Crippen molar-refractivity contribution in [3.05, 3.63) is 0 Å². The first-order valence-corrected chi connectivity index (χ1v) is 5.95. The number of alkyl halides is 1. The van der Waals surface area contributed by atoms with Gasteiger partial charge < -0.3 is 9.64 Å². The van der Waals surface area contributed by atoms with Crippen molar-refractivity contribution >= 4 is 28.7 Å². The SMILES string of the molecule is COC(=O)N1CCC[C@@]1(C)C(C)(C)I. The average Bonchev–Trinajstić information content (AvgIpc) is 2.46. The summed E-state index contributed by atoms with van der Waals surface area (Å²) >= 11 is 2.41. The lowest BCUT2D eigenvalue weighted by Crippen LogP contribution is -2.55. The van der Waals surface area contributed by atoms with E-state index in [4.69, 9.17) is 4.74 Å². The highest BCUT2D eigenvalue weighted by Gasteiger charge is 2.49. The van der Waals surface area contributed by atoms with E-state index in [-0.39, 0.29) is 15.1 Å². The number of methoxy groups -OCH3 is 1. The van der Waals surface area contributed by atoms with Crippen molar-refractivity contribution in [1.82, 2.24) is 4.90 Å². The lowest BCUT2D eigenvalue weighted by atomic mass is 9.86. The molecule has 0 radical (unpaired) electrons. The third-order valence-corrected chi connectivity index (χ3v) is 4.48. The van der Waals surface area contributed by atoms with Gasteiger partial charge in [0.05, 0.1) is 12.6 Å². The van der Waals surface area contributed by atoms with Gasteiger partial charge in [-0.3, -0.25) is 0 Å². The van der Waals surface area contributed by atoms with Crippen molar-refractivity contribution in [2.75, 3.05) is 13.7 Å².